The van der Waals surface area contributed by atoms with Crippen molar-refractivity contribution in [1.82, 2.24) is 4.90 Å². The predicted octanol–water partition coefficient (Wildman–Crippen LogP) is 3.35. The van der Waals surface area contributed by atoms with Crippen LogP contribution in [-0.2, 0) is 10.3 Å². The van der Waals surface area contributed by atoms with Crippen LogP contribution in [0.5, 0.6) is 0 Å². The van der Waals surface area contributed by atoms with Crippen molar-refractivity contribution in [2.24, 2.45) is 0 Å². The maximum atomic E-state index is 11.3. The molecule has 1 aliphatic rings. The number of piperidine rings is 1. The molecule has 2 nitrogen and oxygen atoms in total. The molecule has 17 heavy (non-hydrogen) atoms. The van der Waals surface area contributed by atoms with Crippen molar-refractivity contribution in [3.63, 3.8) is 0 Å². The van der Waals surface area contributed by atoms with Crippen molar-refractivity contribution in [3.05, 3.63) is 34.3 Å². The summed E-state index contributed by atoms with van der Waals surface area (Å²) in [5.74, 6) is 0.396. The lowest BCUT2D eigenvalue weighted by atomic mass is 9.90. The highest BCUT2D eigenvalue weighted by Crippen LogP contribution is 2.30. The lowest BCUT2D eigenvalue weighted by Gasteiger charge is -2.41. The fraction of sp³-hybridized carbons (Fsp3) is 0.500. The summed E-state index contributed by atoms with van der Waals surface area (Å²) in [6.07, 6.45) is 1.39. The summed E-state index contributed by atoms with van der Waals surface area (Å²) < 4.78 is 1.10. The third kappa shape index (κ3) is 2.78. The summed E-state index contributed by atoms with van der Waals surface area (Å²) in [4.78, 5) is 13.7. The number of rotatable bonds is 2. The van der Waals surface area contributed by atoms with Crippen molar-refractivity contribution in [2.75, 3.05) is 13.1 Å². The topological polar surface area (TPSA) is 20.3 Å². The minimum Gasteiger partial charge on any atom is -0.300 e. The normalized spacial score (nSPS) is 18.4. The van der Waals surface area contributed by atoms with Gasteiger partial charge in [0.1, 0.15) is 5.78 Å². The summed E-state index contributed by atoms with van der Waals surface area (Å²) in [6.45, 7) is 6.21. The molecular weight excluding hydrogens is 278 g/mol. The fourth-order valence-electron chi connectivity index (χ4n) is 2.36. The Morgan fingerprint density at radius 1 is 1.12 bits per heavy atom. The van der Waals surface area contributed by atoms with E-state index in [-0.39, 0.29) is 5.54 Å². The third-order valence-electron chi connectivity index (χ3n) is 3.66. The molecular formula is C14H18BrNO. The Balaban J connectivity index is 2.17. The van der Waals surface area contributed by atoms with E-state index >= 15 is 0 Å². The van der Waals surface area contributed by atoms with Gasteiger partial charge in [-0.25, -0.2) is 0 Å². The lowest BCUT2D eigenvalue weighted by Crippen LogP contribution is -2.46. The van der Waals surface area contributed by atoms with Gasteiger partial charge >= 0.3 is 0 Å². The van der Waals surface area contributed by atoms with E-state index in [1.165, 1.54) is 5.56 Å². The molecule has 0 N–H and O–H groups in total. The fourth-order valence-corrected chi connectivity index (χ4v) is 2.62. The monoisotopic (exact) mass is 295 g/mol. The minimum atomic E-state index is 0.00139. The van der Waals surface area contributed by atoms with Gasteiger partial charge in [-0.05, 0) is 31.5 Å². The van der Waals surface area contributed by atoms with Crippen molar-refractivity contribution < 1.29 is 4.79 Å². The van der Waals surface area contributed by atoms with Crippen molar-refractivity contribution in [1.29, 1.82) is 0 Å². The average Bonchev–Trinajstić information content (AvgIpc) is 2.30. The Morgan fingerprint density at radius 3 is 2.18 bits per heavy atom. The molecule has 1 aromatic rings. The number of hydrogen-bond acceptors (Lipinski definition) is 2. The number of hydrogen-bond donors (Lipinski definition) is 0. The van der Waals surface area contributed by atoms with E-state index in [0.29, 0.717) is 18.6 Å². The molecule has 0 saturated carbocycles. The molecule has 0 radical (unpaired) electrons. The summed E-state index contributed by atoms with van der Waals surface area (Å²) in [5, 5.41) is 0. The molecule has 1 aliphatic heterocycles. The first kappa shape index (κ1) is 12.8. The highest BCUT2D eigenvalue weighted by molar-refractivity contribution is 9.10. The number of Topliss-reactive ketones (excluding diaryl/α,β-unsaturated/α-hetero) is 1. The Morgan fingerprint density at radius 2 is 1.65 bits per heavy atom. The van der Waals surface area contributed by atoms with Crippen LogP contribution < -0.4 is 0 Å². The summed E-state index contributed by atoms with van der Waals surface area (Å²) >= 11 is 3.46. The predicted molar refractivity (Wildman–Crippen MR) is 73.0 cm³/mol. The number of halogens is 1. The lowest BCUT2D eigenvalue weighted by molar-refractivity contribution is -0.122. The zero-order chi connectivity index (χ0) is 12.5. The smallest absolute Gasteiger partial charge is 0.135 e. The highest BCUT2D eigenvalue weighted by atomic mass is 79.9. The zero-order valence-corrected chi connectivity index (χ0v) is 12.0. The first-order valence-corrected chi connectivity index (χ1v) is 6.82. The van der Waals surface area contributed by atoms with Gasteiger partial charge in [-0.15, -0.1) is 0 Å². The van der Waals surface area contributed by atoms with E-state index in [2.05, 4.69) is 58.9 Å². The summed E-state index contributed by atoms with van der Waals surface area (Å²) in [6, 6.07) is 8.46. The molecule has 1 heterocycles. The first-order chi connectivity index (χ1) is 8.00. The molecule has 1 aromatic carbocycles. The first-order valence-electron chi connectivity index (χ1n) is 6.03. The molecule has 1 fully saturated rings. The van der Waals surface area contributed by atoms with Crippen molar-refractivity contribution in [3.8, 4) is 0 Å². The quantitative estimate of drug-likeness (QED) is 0.834. The van der Waals surface area contributed by atoms with Crippen LogP contribution in [0.1, 0.15) is 32.3 Å². The number of benzene rings is 1. The molecule has 0 atom stereocenters. The van der Waals surface area contributed by atoms with Crippen LogP contribution in [-0.4, -0.2) is 23.8 Å². The highest BCUT2D eigenvalue weighted by Gasteiger charge is 2.31. The SMILES string of the molecule is CC(C)(c1ccc(Br)cc1)N1CCC(=O)CC1. The molecule has 0 spiro atoms. The molecule has 0 aromatic heterocycles. The Bertz CT molecular complexity index is 401. The zero-order valence-electron chi connectivity index (χ0n) is 10.4. The molecule has 0 bridgehead atoms. The maximum absolute atomic E-state index is 11.3. The van der Waals surface area contributed by atoms with Crippen LogP contribution in [0, 0.1) is 0 Å². The maximum Gasteiger partial charge on any atom is 0.135 e. The van der Waals surface area contributed by atoms with Gasteiger partial charge in [-0.1, -0.05) is 28.1 Å². The number of carbonyl (C=O) groups excluding carboxylic acids is 1. The second kappa shape index (κ2) is 4.91. The van der Waals surface area contributed by atoms with Crippen LogP contribution in [0.3, 0.4) is 0 Å². The van der Waals surface area contributed by atoms with Crippen LogP contribution in [0.25, 0.3) is 0 Å². The van der Waals surface area contributed by atoms with E-state index in [4.69, 9.17) is 0 Å². The average molecular weight is 296 g/mol. The Kier molecular flexibility index (Phi) is 3.69. The minimum absolute atomic E-state index is 0.00139. The van der Waals surface area contributed by atoms with Gasteiger partial charge < -0.3 is 0 Å². The number of likely N-dealkylation sites (tertiary alicyclic amines) is 1. The van der Waals surface area contributed by atoms with Gasteiger partial charge in [0.25, 0.3) is 0 Å². The van der Waals surface area contributed by atoms with E-state index < -0.39 is 0 Å². The molecule has 2 rings (SSSR count). The summed E-state index contributed by atoms with van der Waals surface area (Å²) in [5.41, 5.74) is 1.30. The second-order valence-electron chi connectivity index (χ2n) is 5.09. The Hall–Kier alpha value is -0.670. The van der Waals surface area contributed by atoms with Gasteiger partial charge in [-0.2, -0.15) is 0 Å². The van der Waals surface area contributed by atoms with Gasteiger partial charge in [0.2, 0.25) is 0 Å². The molecule has 0 amide bonds. The second-order valence-corrected chi connectivity index (χ2v) is 6.01. The van der Waals surface area contributed by atoms with Crippen LogP contribution in [0.15, 0.2) is 28.7 Å². The van der Waals surface area contributed by atoms with E-state index in [1.54, 1.807) is 0 Å². The van der Waals surface area contributed by atoms with Crippen LogP contribution >= 0.6 is 15.9 Å². The molecule has 92 valence electrons. The Labute approximate surface area is 111 Å². The van der Waals surface area contributed by atoms with Gasteiger partial charge in [0.15, 0.2) is 0 Å². The van der Waals surface area contributed by atoms with E-state index in [1.807, 2.05) is 0 Å². The van der Waals surface area contributed by atoms with Gasteiger partial charge in [-0.3, -0.25) is 9.69 Å². The number of ketones is 1. The number of nitrogens with zero attached hydrogens (tertiary/aromatic N) is 1. The van der Waals surface area contributed by atoms with Crippen molar-refractivity contribution >= 4 is 21.7 Å². The molecule has 1 saturated heterocycles. The summed E-state index contributed by atoms with van der Waals surface area (Å²) in [7, 11) is 0. The van der Waals surface area contributed by atoms with Crippen molar-refractivity contribution in [2.45, 2.75) is 32.2 Å². The van der Waals surface area contributed by atoms with Gasteiger partial charge in [0, 0.05) is 35.9 Å². The van der Waals surface area contributed by atoms with E-state index in [9.17, 15) is 4.79 Å². The van der Waals surface area contributed by atoms with Gasteiger partial charge in [0.05, 0.1) is 0 Å². The standard InChI is InChI=1S/C14H18BrNO/c1-14(2,11-3-5-12(15)6-4-11)16-9-7-13(17)8-10-16/h3-6H,7-10H2,1-2H3. The van der Waals surface area contributed by atoms with Crippen LogP contribution in [0.2, 0.25) is 0 Å². The number of carbonyl (C=O) groups is 1. The molecule has 0 unspecified atom stereocenters. The largest absolute Gasteiger partial charge is 0.300 e. The molecule has 0 aliphatic carbocycles. The van der Waals surface area contributed by atoms with E-state index in [0.717, 1.165) is 17.6 Å². The van der Waals surface area contributed by atoms with Crippen LogP contribution in [0.4, 0.5) is 0 Å². The molecule has 3 heteroatoms. The third-order valence-corrected chi connectivity index (χ3v) is 4.19.